The molecule has 0 spiro atoms. The predicted octanol–water partition coefficient (Wildman–Crippen LogP) is 3.92. The van der Waals surface area contributed by atoms with E-state index >= 15 is 0 Å². The fourth-order valence-electron chi connectivity index (χ4n) is 2.01. The minimum absolute atomic E-state index is 0.214. The van der Waals surface area contributed by atoms with E-state index in [0.717, 1.165) is 24.7 Å². The molecular formula is C17H18O2. The average molecular weight is 254 g/mol. The lowest BCUT2D eigenvalue weighted by atomic mass is 10.1. The van der Waals surface area contributed by atoms with Crippen molar-refractivity contribution in [2.45, 2.75) is 12.8 Å². The number of rotatable bonds is 6. The Morgan fingerprint density at radius 2 is 1.11 bits per heavy atom. The van der Waals surface area contributed by atoms with Gasteiger partial charge in [0.1, 0.15) is 11.5 Å². The molecule has 0 radical (unpaired) electrons. The summed E-state index contributed by atoms with van der Waals surface area (Å²) in [6.07, 6.45) is 2.37. The van der Waals surface area contributed by atoms with Crippen molar-refractivity contribution in [3.8, 4) is 11.5 Å². The van der Waals surface area contributed by atoms with Gasteiger partial charge in [-0.25, -0.2) is 0 Å². The molecule has 0 N–H and O–H groups in total. The highest BCUT2D eigenvalue weighted by Gasteiger charge is 2.44. The first kappa shape index (κ1) is 12.1. The van der Waals surface area contributed by atoms with Gasteiger partial charge in [0, 0.05) is 5.41 Å². The summed E-state index contributed by atoms with van der Waals surface area (Å²) < 4.78 is 11.7. The van der Waals surface area contributed by atoms with Crippen LogP contribution in [0.25, 0.3) is 0 Å². The Balaban J connectivity index is 1.50. The van der Waals surface area contributed by atoms with E-state index in [1.165, 1.54) is 12.8 Å². The molecule has 1 aliphatic carbocycles. The van der Waals surface area contributed by atoms with Gasteiger partial charge in [-0.05, 0) is 37.1 Å². The van der Waals surface area contributed by atoms with Crippen LogP contribution in [0.5, 0.6) is 11.5 Å². The van der Waals surface area contributed by atoms with Crippen molar-refractivity contribution in [3.63, 3.8) is 0 Å². The third-order valence-electron chi connectivity index (χ3n) is 3.53. The first-order valence-corrected chi connectivity index (χ1v) is 6.72. The minimum Gasteiger partial charge on any atom is -0.493 e. The van der Waals surface area contributed by atoms with Crippen LogP contribution in [0, 0.1) is 5.41 Å². The Kier molecular flexibility index (Phi) is 3.41. The highest BCUT2D eigenvalue weighted by Crippen LogP contribution is 2.46. The van der Waals surface area contributed by atoms with Crippen LogP contribution in [0.2, 0.25) is 0 Å². The molecule has 3 rings (SSSR count). The van der Waals surface area contributed by atoms with Crippen LogP contribution >= 0.6 is 0 Å². The molecule has 2 heteroatoms. The van der Waals surface area contributed by atoms with Crippen LogP contribution in [0.1, 0.15) is 12.8 Å². The van der Waals surface area contributed by atoms with Crippen LogP contribution in [0.15, 0.2) is 60.7 Å². The summed E-state index contributed by atoms with van der Waals surface area (Å²) >= 11 is 0. The van der Waals surface area contributed by atoms with E-state index in [0.29, 0.717) is 0 Å². The van der Waals surface area contributed by atoms with Crippen molar-refractivity contribution in [3.05, 3.63) is 60.7 Å². The number of ether oxygens (including phenoxy) is 2. The van der Waals surface area contributed by atoms with Crippen LogP contribution in [-0.2, 0) is 0 Å². The molecule has 2 aromatic rings. The molecule has 0 bridgehead atoms. The maximum absolute atomic E-state index is 5.84. The van der Waals surface area contributed by atoms with E-state index < -0.39 is 0 Å². The molecule has 0 unspecified atom stereocenters. The van der Waals surface area contributed by atoms with E-state index in [9.17, 15) is 0 Å². The lowest BCUT2D eigenvalue weighted by molar-refractivity contribution is 0.160. The summed E-state index contributed by atoms with van der Waals surface area (Å²) in [5, 5.41) is 0. The zero-order chi connectivity index (χ0) is 13.0. The normalized spacial score (nSPS) is 15.8. The Labute approximate surface area is 114 Å². The van der Waals surface area contributed by atoms with Gasteiger partial charge in [0.15, 0.2) is 0 Å². The Morgan fingerprint density at radius 3 is 1.47 bits per heavy atom. The van der Waals surface area contributed by atoms with E-state index in [-0.39, 0.29) is 5.41 Å². The van der Waals surface area contributed by atoms with E-state index in [4.69, 9.17) is 9.47 Å². The van der Waals surface area contributed by atoms with Crippen LogP contribution < -0.4 is 9.47 Å². The van der Waals surface area contributed by atoms with Crippen molar-refractivity contribution in [1.82, 2.24) is 0 Å². The summed E-state index contributed by atoms with van der Waals surface area (Å²) in [6, 6.07) is 20.0. The highest BCUT2D eigenvalue weighted by molar-refractivity contribution is 5.22. The molecule has 0 aromatic heterocycles. The lowest BCUT2D eigenvalue weighted by Gasteiger charge is -2.17. The molecule has 0 aliphatic heterocycles. The quantitative estimate of drug-likeness (QED) is 0.777. The van der Waals surface area contributed by atoms with Crippen LogP contribution in [-0.4, -0.2) is 13.2 Å². The van der Waals surface area contributed by atoms with Crippen molar-refractivity contribution in [1.29, 1.82) is 0 Å². The lowest BCUT2D eigenvalue weighted by Crippen LogP contribution is -2.21. The van der Waals surface area contributed by atoms with Gasteiger partial charge in [0.25, 0.3) is 0 Å². The van der Waals surface area contributed by atoms with Crippen molar-refractivity contribution < 1.29 is 9.47 Å². The van der Waals surface area contributed by atoms with Crippen molar-refractivity contribution in [2.24, 2.45) is 5.41 Å². The molecule has 0 amide bonds. The predicted molar refractivity (Wildman–Crippen MR) is 75.5 cm³/mol. The van der Waals surface area contributed by atoms with Crippen molar-refractivity contribution in [2.75, 3.05) is 13.2 Å². The van der Waals surface area contributed by atoms with Gasteiger partial charge in [-0.3, -0.25) is 0 Å². The summed E-state index contributed by atoms with van der Waals surface area (Å²) in [7, 11) is 0. The van der Waals surface area contributed by atoms with Gasteiger partial charge < -0.3 is 9.47 Å². The molecular weight excluding hydrogens is 236 g/mol. The Morgan fingerprint density at radius 1 is 0.684 bits per heavy atom. The molecule has 19 heavy (non-hydrogen) atoms. The maximum atomic E-state index is 5.84. The second-order valence-corrected chi connectivity index (χ2v) is 5.20. The SMILES string of the molecule is c1ccc(OCC2(COc3ccccc3)CC2)cc1. The van der Waals surface area contributed by atoms with E-state index in [1.54, 1.807) is 0 Å². The van der Waals surface area contributed by atoms with Gasteiger partial charge in [0.05, 0.1) is 13.2 Å². The zero-order valence-corrected chi connectivity index (χ0v) is 10.9. The first-order valence-electron chi connectivity index (χ1n) is 6.72. The second-order valence-electron chi connectivity index (χ2n) is 5.20. The van der Waals surface area contributed by atoms with E-state index in [1.807, 2.05) is 60.7 Å². The number of hydrogen-bond donors (Lipinski definition) is 0. The van der Waals surface area contributed by atoms with Gasteiger partial charge in [0.2, 0.25) is 0 Å². The number of para-hydroxylation sites is 2. The molecule has 0 atom stereocenters. The smallest absolute Gasteiger partial charge is 0.119 e. The molecule has 1 saturated carbocycles. The Bertz CT molecular complexity index is 458. The van der Waals surface area contributed by atoms with Crippen LogP contribution in [0.3, 0.4) is 0 Å². The number of benzene rings is 2. The molecule has 1 fully saturated rings. The fraction of sp³-hybridized carbons (Fsp3) is 0.294. The van der Waals surface area contributed by atoms with Gasteiger partial charge in [-0.1, -0.05) is 36.4 Å². The molecule has 98 valence electrons. The summed E-state index contributed by atoms with van der Waals surface area (Å²) in [4.78, 5) is 0. The highest BCUT2D eigenvalue weighted by atomic mass is 16.5. The minimum atomic E-state index is 0.214. The topological polar surface area (TPSA) is 18.5 Å². The summed E-state index contributed by atoms with van der Waals surface area (Å²) in [5.41, 5.74) is 0.214. The van der Waals surface area contributed by atoms with Crippen molar-refractivity contribution >= 4 is 0 Å². The summed E-state index contributed by atoms with van der Waals surface area (Å²) in [6.45, 7) is 1.48. The summed E-state index contributed by atoms with van der Waals surface area (Å²) in [5.74, 6) is 1.88. The third-order valence-corrected chi connectivity index (χ3v) is 3.53. The average Bonchev–Trinajstić information content (AvgIpc) is 3.26. The molecule has 2 aromatic carbocycles. The number of hydrogen-bond acceptors (Lipinski definition) is 2. The molecule has 1 aliphatic rings. The second kappa shape index (κ2) is 5.35. The standard InChI is InChI=1S/C17H18O2/c1-3-7-15(8-4-1)18-13-17(11-12-17)14-19-16-9-5-2-6-10-16/h1-10H,11-14H2. The van der Waals surface area contributed by atoms with E-state index in [2.05, 4.69) is 0 Å². The molecule has 2 nitrogen and oxygen atoms in total. The zero-order valence-electron chi connectivity index (χ0n) is 10.9. The fourth-order valence-corrected chi connectivity index (χ4v) is 2.01. The van der Waals surface area contributed by atoms with Gasteiger partial charge in [-0.15, -0.1) is 0 Å². The molecule has 0 saturated heterocycles. The Hall–Kier alpha value is -1.96. The monoisotopic (exact) mass is 254 g/mol. The first-order chi connectivity index (χ1) is 9.36. The molecule has 0 heterocycles. The third kappa shape index (κ3) is 3.28. The largest absolute Gasteiger partial charge is 0.493 e. The van der Waals surface area contributed by atoms with Gasteiger partial charge in [-0.2, -0.15) is 0 Å². The maximum Gasteiger partial charge on any atom is 0.119 e. The van der Waals surface area contributed by atoms with Crippen LogP contribution in [0.4, 0.5) is 0 Å². The van der Waals surface area contributed by atoms with Gasteiger partial charge >= 0.3 is 0 Å².